The van der Waals surface area contributed by atoms with Gasteiger partial charge in [0.2, 0.25) is 0 Å². The van der Waals surface area contributed by atoms with E-state index >= 15 is 0 Å². The topological polar surface area (TPSA) is 26.3 Å². The van der Waals surface area contributed by atoms with Gasteiger partial charge in [-0.05, 0) is 31.0 Å². The van der Waals surface area contributed by atoms with Crippen molar-refractivity contribution in [2.24, 2.45) is 17.7 Å². The van der Waals surface area contributed by atoms with Crippen LogP contribution in [0.4, 0.5) is 0 Å². The van der Waals surface area contributed by atoms with Gasteiger partial charge in [-0.2, -0.15) is 0 Å². The van der Waals surface area contributed by atoms with Crippen LogP contribution in [0.1, 0.15) is 41.2 Å². The lowest BCUT2D eigenvalue weighted by atomic mass is 9.76. The molecule has 0 amide bonds. The highest BCUT2D eigenvalue weighted by atomic mass is 16.5. The fraction of sp³-hybridized carbons (Fsp3) is 0.900. The maximum atomic E-state index is 11.6. The number of ether oxygens (including phenoxy) is 1. The first-order valence-corrected chi connectivity index (χ1v) is 3.91. The van der Waals surface area contributed by atoms with Crippen LogP contribution in [-0.4, -0.2) is 13.1 Å². The zero-order chi connectivity index (χ0) is 14.6. The molecule has 70 valence electrons. The van der Waals surface area contributed by atoms with E-state index in [0.29, 0.717) is 0 Å². The molecule has 1 fully saturated rings. The molecule has 0 aromatic carbocycles. The van der Waals surface area contributed by atoms with Crippen LogP contribution in [0.5, 0.6) is 0 Å². The molecule has 1 rings (SSSR count). The predicted molar refractivity (Wildman–Crippen MR) is 47.7 cm³/mol. The third kappa shape index (κ3) is 1.99. The van der Waals surface area contributed by atoms with Gasteiger partial charge in [0.1, 0.15) is 0 Å². The third-order valence-electron chi connectivity index (χ3n) is 2.01. The summed E-state index contributed by atoms with van der Waals surface area (Å²) in [5.74, 6) is -6.29. The Labute approximate surface area is 82.7 Å². The molecule has 2 nitrogen and oxygen atoms in total. The average Bonchev–Trinajstić information content (AvgIpc) is 2.22. The molecule has 0 aromatic heterocycles. The highest BCUT2D eigenvalue weighted by Gasteiger charge is 2.29. The van der Waals surface area contributed by atoms with E-state index in [9.17, 15) is 4.79 Å². The van der Waals surface area contributed by atoms with Crippen molar-refractivity contribution in [3.63, 3.8) is 0 Å². The van der Waals surface area contributed by atoms with E-state index in [1.54, 1.807) is 0 Å². The zero-order valence-corrected chi connectivity index (χ0v) is 7.60. The summed E-state index contributed by atoms with van der Waals surface area (Å²) in [4.78, 5) is 11.6. The van der Waals surface area contributed by atoms with Crippen molar-refractivity contribution in [2.75, 3.05) is 7.11 Å². The van der Waals surface area contributed by atoms with Crippen LogP contribution in [-0.2, 0) is 9.53 Å². The van der Waals surface area contributed by atoms with Crippen molar-refractivity contribution in [2.45, 2.75) is 33.0 Å². The molecule has 0 unspecified atom stereocenters. The Morgan fingerprint density at radius 3 is 2.83 bits per heavy atom. The first kappa shape index (κ1) is 4.12. The van der Waals surface area contributed by atoms with Crippen molar-refractivity contribution in [3.8, 4) is 0 Å². The lowest BCUT2D eigenvalue weighted by Crippen LogP contribution is -2.27. The minimum absolute atomic E-state index is 0.457. The van der Waals surface area contributed by atoms with E-state index in [2.05, 4.69) is 4.74 Å². The van der Waals surface area contributed by atoms with E-state index in [4.69, 9.17) is 8.22 Å². The van der Waals surface area contributed by atoms with Crippen LogP contribution in [0, 0.1) is 17.7 Å². The second-order valence-electron chi connectivity index (χ2n) is 2.85. The van der Waals surface area contributed by atoms with Crippen molar-refractivity contribution in [3.05, 3.63) is 0 Å². The lowest BCUT2D eigenvalue weighted by molar-refractivity contribution is -0.147. The van der Waals surface area contributed by atoms with E-state index in [-0.39, 0.29) is 0 Å². The molecule has 1 aliphatic rings. The monoisotopic (exact) mass is 176 g/mol. The Balaban J connectivity index is 3.37. The first-order valence-electron chi connectivity index (χ1n) is 6.91. The highest BCUT2D eigenvalue weighted by Crippen LogP contribution is 2.33. The average molecular weight is 176 g/mol. The SMILES string of the molecule is [2H]C1([2H])C[C@H](C(=O)OC)C([2H])([2H])[C@@]([2H])(C)[C@]1([2H])C. The maximum Gasteiger partial charge on any atom is 0.308 e. The van der Waals surface area contributed by atoms with Gasteiger partial charge in [-0.15, -0.1) is 0 Å². The largest absolute Gasteiger partial charge is 0.469 e. The molecule has 1 saturated carbocycles. The second-order valence-corrected chi connectivity index (χ2v) is 2.85. The van der Waals surface area contributed by atoms with Crippen LogP contribution < -0.4 is 0 Å². The standard InChI is InChI=1S/C10H18O2/c1-7-4-5-9(6-8(7)2)10(11)12-3/h7-9H,4-6H2,1-3H3/t7-,8-,9+/m1/s1/i4D2,6D2,7D,8D. The summed E-state index contributed by atoms with van der Waals surface area (Å²) in [6.07, 6.45) is -4.93. The van der Waals surface area contributed by atoms with Gasteiger partial charge in [0.25, 0.3) is 0 Å². The lowest BCUT2D eigenvalue weighted by Gasteiger charge is -2.30. The van der Waals surface area contributed by atoms with Gasteiger partial charge >= 0.3 is 5.97 Å². The van der Waals surface area contributed by atoms with Gasteiger partial charge in [-0.25, -0.2) is 0 Å². The van der Waals surface area contributed by atoms with Gasteiger partial charge in [-0.1, -0.05) is 13.8 Å². The maximum absolute atomic E-state index is 11.6. The number of carbonyl (C=O) groups excluding carboxylic acids is 1. The number of esters is 1. The van der Waals surface area contributed by atoms with Gasteiger partial charge < -0.3 is 4.74 Å². The molecule has 3 atom stereocenters. The number of hydrogen-bond donors (Lipinski definition) is 0. The number of methoxy groups -OCH3 is 1. The fourth-order valence-electron chi connectivity index (χ4n) is 1.09. The van der Waals surface area contributed by atoms with E-state index in [0.717, 1.165) is 14.0 Å². The summed E-state index contributed by atoms with van der Waals surface area (Å²) >= 11 is 0. The van der Waals surface area contributed by atoms with Gasteiger partial charge in [0.15, 0.2) is 0 Å². The molecule has 12 heavy (non-hydrogen) atoms. The summed E-state index contributed by atoms with van der Waals surface area (Å²) in [5.41, 5.74) is 0. The number of hydrogen-bond acceptors (Lipinski definition) is 2. The van der Waals surface area contributed by atoms with Gasteiger partial charge in [0, 0.05) is 8.22 Å². The number of rotatable bonds is 1. The summed E-state index contributed by atoms with van der Waals surface area (Å²) in [6, 6.07) is 0. The van der Waals surface area contributed by atoms with E-state index < -0.39 is 42.8 Å². The minimum Gasteiger partial charge on any atom is -0.469 e. The summed E-state index contributed by atoms with van der Waals surface area (Å²) in [7, 11) is 1.10. The van der Waals surface area contributed by atoms with E-state index in [1.165, 1.54) is 6.92 Å². The molecule has 1 aliphatic carbocycles. The van der Waals surface area contributed by atoms with Crippen LogP contribution in [0.25, 0.3) is 0 Å². The fourth-order valence-corrected chi connectivity index (χ4v) is 1.09. The molecule has 0 aromatic rings. The molecule has 0 radical (unpaired) electrons. The number of carbonyl (C=O) groups is 1. The Morgan fingerprint density at radius 1 is 1.58 bits per heavy atom. The smallest absolute Gasteiger partial charge is 0.308 e. The molecule has 0 saturated heterocycles. The molecular weight excluding hydrogens is 152 g/mol. The van der Waals surface area contributed by atoms with Crippen LogP contribution in [0.15, 0.2) is 0 Å². The molecule has 0 N–H and O–H groups in total. The summed E-state index contributed by atoms with van der Waals surface area (Å²) in [5, 5.41) is 0. The molecule has 0 bridgehead atoms. The summed E-state index contributed by atoms with van der Waals surface area (Å²) in [6.45, 7) is 2.36. The molecule has 2 heteroatoms. The predicted octanol–water partition coefficient (Wildman–Crippen LogP) is 2.23. The van der Waals surface area contributed by atoms with Crippen molar-refractivity contribution < 1.29 is 17.8 Å². The van der Waals surface area contributed by atoms with Crippen LogP contribution in [0.3, 0.4) is 0 Å². The van der Waals surface area contributed by atoms with Crippen LogP contribution >= 0.6 is 0 Å². The van der Waals surface area contributed by atoms with Gasteiger partial charge in [0.05, 0.1) is 13.0 Å². The minimum atomic E-state index is -2.33. The molecule has 0 aliphatic heterocycles. The van der Waals surface area contributed by atoms with Crippen LogP contribution in [0.2, 0.25) is 0 Å². The first-order chi connectivity index (χ1) is 7.83. The summed E-state index contributed by atoms with van der Waals surface area (Å²) < 4.78 is 52.2. The third-order valence-corrected chi connectivity index (χ3v) is 2.01. The quantitative estimate of drug-likeness (QED) is 0.573. The molecule has 0 heterocycles. The van der Waals surface area contributed by atoms with Crippen molar-refractivity contribution in [1.82, 2.24) is 0 Å². The molecular formula is C10H18O2. The highest BCUT2D eigenvalue weighted by molar-refractivity contribution is 5.72. The Kier molecular flexibility index (Phi) is 1.35. The van der Waals surface area contributed by atoms with Crippen molar-refractivity contribution >= 4 is 5.97 Å². The van der Waals surface area contributed by atoms with Crippen molar-refractivity contribution in [1.29, 1.82) is 0 Å². The zero-order valence-electron chi connectivity index (χ0n) is 13.6. The molecule has 0 spiro atoms. The van der Waals surface area contributed by atoms with E-state index in [1.807, 2.05) is 0 Å². The normalized spacial score (nSPS) is 64.1. The Morgan fingerprint density at radius 2 is 2.25 bits per heavy atom. The second kappa shape index (κ2) is 3.92. The Hall–Kier alpha value is -0.530. The Bertz CT molecular complexity index is 363. The van der Waals surface area contributed by atoms with Gasteiger partial charge in [-0.3, -0.25) is 4.79 Å².